The molecule has 1 rings (SSSR count). The lowest BCUT2D eigenvalue weighted by atomic mass is 9.94. The van der Waals surface area contributed by atoms with Crippen molar-refractivity contribution in [3.05, 3.63) is 41.0 Å². The van der Waals surface area contributed by atoms with E-state index in [1.54, 1.807) is 0 Å². The lowest BCUT2D eigenvalue weighted by Gasteiger charge is -2.11. The van der Waals surface area contributed by atoms with Crippen molar-refractivity contribution in [3.8, 4) is 0 Å². The Morgan fingerprint density at radius 3 is 2.21 bits per heavy atom. The summed E-state index contributed by atoms with van der Waals surface area (Å²) in [5.41, 5.74) is 6.70. The van der Waals surface area contributed by atoms with Crippen LogP contribution in [0.2, 0.25) is 0 Å². The molecule has 0 fully saturated rings. The predicted molar refractivity (Wildman–Crippen MR) is 64.6 cm³/mol. The molecule has 0 heteroatoms. The zero-order chi connectivity index (χ0) is 10.7. The first kappa shape index (κ1) is 11.0. The van der Waals surface area contributed by atoms with Crippen molar-refractivity contribution in [2.45, 2.75) is 40.5 Å². The Morgan fingerprint density at radius 2 is 1.64 bits per heavy atom. The van der Waals surface area contributed by atoms with Crippen molar-refractivity contribution >= 4 is 5.57 Å². The van der Waals surface area contributed by atoms with Crippen LogP contribution in [-0.2, 0) is 0 Å². The van der Waals surface area contributed by atoms with Gasteiger partial charge in [0, 0.05) is 0 Å². The molecule has 1 aromatic rings. The molecule has 0 saturated heterocycles. The second-order valence-corrected chi connectivity index (χ2v) is 4.10. The Bertz CT molecular complexity index is 345. The van der Waals surface area contributed by atoms with E-state index in [1.807, 2.05) is 0 Å². The Hall–Kier alpha value is -1.04. The van der Waals surface area contributed by atoms with Crippen molar-refractivity contribution in [2.75, 3.05) is 0 Å². The van der Waals surface area contributed by atoms with Gasteiger partial charge in [0.1, 0.15) is 0 Å². The smallest absolute Gasteiger partial charge is 0.0198 e. The van der Waals surface area contributed by atoms with Gasteiger partial charge < -0.3 is 0 Å². The molecule has 76 valence electrons. The van der Waals surface area contributed by atoms with E-state index in [0.717, 1.165) is 6.42 Å². The lowest BCUT2D eigenvalue weighted by molar-refractivity contribution is 0.973. The van der Waals surface area contributed by atoms with Crippen LogP contribution in [0.5, 0.6) is 0 Å². The Balaban J connectivity index is 3.09. The van der Waals surface area contributed by atoms with Crippen molar-refractivity contribution < 1.29 is 0 Å². The van der Waals surface area contributed by atoms with Crippen LogP contribution in [0.15, 0.2) is 18.7 Å². The monoisotopic (exact) mass is 188 g/mol. The fourth-order valence-corrected chi connectivity index (χ4v) is 1.78. The van der Waals surface area contributed by atoms with E-state index in [4.69, 9.17) is 0 Å². The molecule has 0 amide bonds. The highest BCUT2D eigenvalue weighted by Crippen LogP contribution is 2.24. The normalized spacial score (nSPS) is 10.3. The van der Waals surface area contributed by atoms with Crippen LogP contribution < -0.4 is 0 Å². The minimum Gasteiger partial charge on any atom is -0.0952 e. The summed E-state index contributed by atoms with van der Waals surface area (Å²) in [6.45, 7) is 12.8. The summed E-state index contributed by atoms with van der Waals surface area (Å²) in [7, 11) is 0. The molecular formula is C14H20. The molecule has 0 heterocycles. The average Bonchev–Trinajstić information content (AvgIpc) is 2.11. The molecule has 0 radical (unpaired) electrons. The SMILES string of the molecule is C=C(CCC)c1cc(C)c(C)cc1C. The Kier molecular flexibility index (Phi) is 3.51. The van der Waals surface area contributed by atoms with E-state index < -0.39 is 0 Å². The number of allylic oxidation sites excluding steroid dienone is 1. The standard InChI is InChI=1S/C14H20/c1-6-7-10(2)14-9-12(4)11(3)8-13(14)5/h8-9H,2,6-7H2,1,3-5H3. The van der Waals surface area contributed by atoms with Crippen LogP contribution in [0.4, 0.5) is 0 Å². The minimum atomic E-state index is 1.10. The number of aryl methyl sites for hydroxylation is 3. The van der Waals surface area contributed by atoms with E-state index >= 15 is 0 Å². The van der Waals surface area contributed by atoms with Crippen LogP contribution in [0.25, 0.3) is 5.57 Å². The fraction of sp³-hybridized carbons (Fsp3) is 0.429. The predicted octanol–water partition coefficient (Wildman–Crippen LogP) is 4.43. The van der Waals surface area contributed by atoms with Gasteiger partial charge in [0.15, 0.2) is 0 Å². The molecule has 0 aliphatic heterocycles. The van der Waals surface area contributed by atoms with Gasteiger partial charge in [-0.1, -0.05) is 32.1 Å². The van der Waals surface area contributed by atoms with Gasteiger partial charge in [0.25, 0.3) is 0 Å². The first-order valence-electron chi connectivity index (χ1n) is 5.32. The van der Waals surface area contributed by atoms with Crippen LogP contribution in [0, 0.1) is 20.8 Å². The molecule has 0 aliphatic rings. The zero-order valence-corrected chi connectivity index (χ0v) is 9.78. The van der Waals surface area contributed by atoms with Crippen LogP contribution in [0.3, 0.4) is 0 Å². The van der Waals surface area contributed by atoms with Crippen LogP contribution in [0.1, 0.15) is 42.0 Å². The van der Waals surface area contributed by atoms with Gasteiger partial charge in [-0.15, -0.1) is 0 Å². The van der Waals surface area contributed by atoms with E-state index in [2.05, 4.69) is 46.4 Å². The van der Waals surface area contributed by atoms with E-state index in [-0.39, 0.29) is 0 Å². The number of hydrogen-bond acceptors (Lipinski definition) is 0. The zero-order valence-electron chi connectivity index (χ0n) is 9.78. The Morgan fingerprint density at radius 1 is 1.07 bits per heavy atom. The van der Waals surface area contributed by atoms with E-state index in [1.165, 1.54) is 34.2 Å². The number of hydrogen-bond donors (Lipinski definition) is 0. The maximum Gasteiger partial charge on any atom is -0.0198 e. The highest BCUT2D eigenvalue weighted by Gasteiger charge is 2.04. The largest absolute Gasteiger partial charge is 0.0952 e. The molecule has 0 N–H and O–H groups in total. The van der Waals surface area contributed by atoms with Crippen molar-refractivity contribution in [1.82, 2.24) is 0 Å². The second-order valence-electron chi connectivity index (χ2n) is 4.10. The molecule has 14 heavy (non-hydrogen) atoms. The summed E-state index contributed by atoms with van der Waals surface area (Å²) >= 11 is 0. The molecular weight excluding hydrogens is 168 g/mol. The van der Waals surface area contributed by atoms with Crippen molar-refractivity contribution in [1.29, 1.82) is 0 Å². The van der Waals surface area contributed by atoms with Gasteiger partial charge in [-0.25, -0.2) is 0 Å². The van der Waals surface area contributed by atoms with Gasteiger partial charge in [0.05, 0.1) is 0 Å². The third-order valence-corrected chi connectivity index (χ3v) is 2.77. The van der Waals surface area contributed by atoms with Gasteiger partial charge in [-0.2, -0.15) is 0 Å². The first-order chi connectivity index (χ1) is 6.56. The molecule has 0 spiro atoms. The fourth-order valence-electron chi connectivity index (χ4n) is 1.78. The summed E-state index contributed by atoms with van der Waals surface area (Å²) in [6.07, 6.45) is 2.27. The molecule has 1 aromatic carbocycles. The molecule has 0 bridgehead atoms. The van der Waals surface area contributed by atoms with Crippen molar-refractivity contribution in [2.24, 2.45) is 0 Å². The minimum absolute atomic E-state index is 1.10. The topological polar surface area (TPSA) is 0 Å². The third kappa shape index (κ3) is 2.25. The number of benzene rings is 1. The average molecular weight is 188 g/mol. The molecule has 0 nitrogen and oxygen atoms in total. The van der Waals surface area contributed by atoms with Gasteiger partial charge in [-0.05, 0) is 55.0 Å². The highest BCUT2D eigenvalue weighted by molar-refractivity contribution is 5.67. The summed E-state index contributed by atoms with van der Waals surface area (Å²) in [5, 5.41) is 0. The number of rotatable bonds is 3. The maximum atomic E-state index is 4.15. The van der Waals surface area contributed by atoms with Crippen molar-refractivity contribution in [3.63, 3.8) is 0 Å². The molecule has 0 aliphatic carbocycles. The summed E-state index contributed by atoms with van der Waals surface area (Å²) in [6, 6.07) is 4.52. The second kappa shape index (κ2) is 4.45. The van der Waals surface area contributed by atoms with E-state index in [0.29, 0.717) is 0 Å². The summed E-state index contributed by atoms with van der Waals surface area (Å²) in [5.74, 6) is 0. The highest BCUT2D eigenvalue weighted by atomic mass is 14.1. The van der Waals surface area contributed by atoms with Gasteiger partial charge >= 0.3 is 0 Å². The Labute approximate surface area is 87.7 Å². The summed E-state index contributed by atoms with van der Waals surface area (Å²) < 4.78 is 0. The molecule has 0 aromatic heterocycles. The summed E-state index contributed by atoms with van der Waals surface area (Å²) in [4.78, 5) is 0. The van der Waals surface area contributed by atoms with Crippen LogP contribution >= 0.6 is 0 Å². The van der Waals surface area contributed by atoms with Gasteiger partial charge in [-0.3, -0.25) is 0 Å². The third-order valence-electron chi connectivity index (χ3n) is 2.77. The van der Waals surface area contributed by atoms with Gasteiger partial charge in [0.2, 0.25) is 0 Å². The first-order valence-corrected chi connectivity index (χ1v) is 5.32. The molecule has 0 saturated carbocycles. The maximum absolute atomic E-state index is 4.15. The molecule has 0 atom stereocenters. The van der Waals surface area contributed by atoms with Crippen LogP contribution in [-0.4, -0.2) is 0 Å². The quantitative estimate of drug-likeness (QED) is 0.658. The van der Waals surface area contributed by atoms with E-state index in [9.17, 15) is 0 Å². The lowest BCUT2D eigenvalue weighted by Crippen LogP contribution is -1.92. The molecule has 0 unspecified atom stereocenters.